The Hall–Kier alpha value is -4.81. The first-order valence-electron chi connectivity index (χ1n) is 18.5. The van der Waals surface area contributed by atoms with Crippen LogP contribution in [0.1, 0.15) is 80.4 Å². The number of ether oxygens (including phenoxy) is 2. The molecule has 0 amide bonds. The van der Waals surface area contributed by atoms with Crippen LogP contribution in [-0.4, -0.2) is 40.1 Å². The molecule has 0 unspecified atom stereocenters. The lowest BCUT2D eigenvalue weighted by atomic mass is 9.76. The molecule has 6 aromatic rings. The fourth-order valence-corrected chi connectivity index (χ4v) is 8.74. The Morgan fingerprint density at radius 1 is 0.627 bits per heavy atom. The quantitative estimate of drug-likeness (QED) is 0.0708. The maximum atomic E-state index is 6.21. The molecular weight excluding hydrogens is 639 g/mol. The normalized spacial score (nSPS) is 11.4. The van der Waals surface area contributed by atoms with Crippen LogP contribution in [0.4, 0.5) is 0 Å². The van der Waals surface area contributed by atoms with Gasteiger partial charge in [-0.15, -0.1) is 0 Å². The summed E-state index contributed by atoms with van der Waals surface area (Å²) in [6.07, 6.45) is 12.8. The van der Waals surface area contributed by atoms with Gasteiger partial charge in [-0.05, 0) is 65.2 Å². The molecule has 5 aromatic carbocycles. The van der Waals surface area contributed by atoms with Crippen molar-refractivity contribution in [1.82, 2.24) is 9.55 Å². The Morgan fingerprint density at radius 3 is 1.57 bits per heavy atom. The molecule has 4 nitrogen and oxygen atoms in total. The molecule has 0 aliphatic carbocycles. The van der Waals surface area contributed by atoms with E-state index < -0.39 is 9.52 Å². The molecule has 0 spiro atoms. The fourth-order valence-electron chi connectivity index (χ4n) is 6.42. The Labute approximate surface area is 309 Å². The van der Waals surface area contributed by atoms with Crippen molar-refractivity contribution in [2.24, 2.45) is 0 Å². The van der Waals surface area contributed by atoms with Gasteiger partial charge in [0, 0.05) is 12.4 Å². The van der Waals surface area contributed by atoms with E-state index in [1.807, 2.05) is 48.9 Å². The van der Waals surface area contributed by atoms with Gasteiger partial charge >= 0.3 is 0 Å². The van der Waals surface area contributed by atoms with Crippen molar-refractivity contribution in [3.63, 3.8) is 0 Å². The van der Waals surface area contributed by atoms with E-state index in [2.05, 4.69) is 133 Å². The van der Waals surface area contributed by atoms with Gasteiger partial charge in [0.1, 0.15) is 11.5 Å². The number of hydrogen-bond donors (Lipinski definition) is 0. The summed E-state index contributed by atoms with van der Waals surface area (Å²) in [6.45, 7) is 5.92. The van der Waals surface area contributed by atoms with Crippen LogP contribution in [0.15, 0.2) is 158 Å². The minimum absolute atomic E-state index is 0.0163. The molecule has 6 heteroatoms. The van der Waals surface area contributed by atoms with Crippen LogP contribution in [0, 0.1) is 0 Å². The number of hydrogen-bond acceptors (Lipinski definition) is 3. The maximum absolute atomic E-state index is 6.21. The lowest BCUT2D eigenvalue weighted by Crippen LogP contribution is -2.46. The predicted molar refractivity (Wildman–Crippen MR) is 216 cm³/mol. The molecule has 2 radical (unpaired) electrons. The summed E-state index contributed by atoms with van der Waals surface area (Å²) in [6, 6.07) is 48.5. The third kappa shape index (κ3) is 10.6. The first-order chi connectivity index (χ1) is 25.1. The Kier molecular flexibility index (Phi) is 14.8. The van der Waals surface area contributed by atoms with Crippen molar-refractivity contribution in [1.29, 1.82) is 0 Å². The summed E-state index contributed by atoms with van der Waals surface area (Å²) in [5, 5.41) is 1.00. The van der Waals surface area contributed by atoms with Gasteiger partial charge in [0.2, 0.25) is 0 Å². The first-order valence-corrected chi connectivity index (χ1v) is 19.9. The Morgan fingerprint density at radius 2 is 1.12 bits per heavy atom. The number of aromatic nitrogens is 2. The molecule has 0 bridgehead atoms. The minimum Gasteiger partial charge on any atom is -0.494 e. The van der Waals surface area contributed by atoms with E-state index in [1.54, 1.807) is 0 Å². The fraction of sp³-hybridized carbons (Fsp3) is 0.267. The number of nitrogens with zero attached hydrogens (tertiary/aromatic N) is 2. The molecule has 0 fully saturated rings. The van der Waals surface area contributed by atoms with Crippen LogP contribution >= 0.6 is 0 Å². The average Bonchev–Trinajstić information content (AvgIpc) is 3.74. The second kappa shape index (κ2) is 20.1. The highest BCUT2D eigenvalue weighted by molar-refractivity contribution is 6.57. The maximum Gasteiger partial charge on any atom is 0.119 e. The molecule has 0 atom stereocenters. The molecule has 1 heterocycles. The van der Waals surface area contributed by atoms with Crippen molar-refractivity contribution < 1.29 is 9.47 Å². The lowest BCUT2D eigenvalue weighted by molar-refractivity contribution is 0.305. The van der Waals surface area contributed by atoms with Crippen LogP contribution in [0.3, 0.4) is 0 Å². The highest BCUT2D eigenvalue weighted by Gasteiger charge is 2.37. The molecule has 0 saturated heterocycles. The van der Waals surface area contributed by atoms with Crippen molar-refractivity contribution >= 4 is 22.6 Å². The molecule has 0 saturated carbocycles. The smallest absolute Gasteiger partial charge is 0.119 e. The Balaban J connectivity index is 0.000000299. The third-order valence-corrected chi connectivity index (χ3v) is 11.8. The molecule has 0 N–H and O–H groups in total. The van der Waals surface area contributed by atoms with E-state index in [0.717, 1.165) is 48.7 Å². The van der Waals surface area contributed by atoms with E-state index in [9.17, 15) is 0 Å². The van der Waals surface area contributed by atoms with Gasteiger partial charge in [0.25, 0.3) is 0 Å². The zero-order valence-corrected chi connectivity index (χ0v) is 31.7. The summed E-state index contributed by atoms with van der Waals surface area (Å²) in [5.41, 5.74) is 4.74. The summed E-state index contributed by atoms with van der Waals surface area (Å²) < 4.78 is 14.7. The summed E-state index contributed by atoms with van der Waals surface area (Å²) in [4.78, 5) is 4.49. The molecular formula is C45H51BN2O2Si. The summed E-state index contributed by atoms with van der Waals surface area (Å²) >= 11 is 0. The van der Waals surface area contributed by atoms with Crippen LogP contribution < -0.4 is 14.7 Å². The van der Waals surface area contributed by atoms with Crippen molar-refractivity contribution in [2.45, 2.75) is 63.4 Å². The zero-order valence-electron chi connectivity index (χ0n) is 30.2. The monoisotopic (exact) mass is 690 g/mol. The summed E-state index contributed by atoms with van der Waals surface area (Å²) in [7, 11) is 5.17. The second-order valence-corrected chi connectivity index (χ2v) is 15.2. The predicted octanol–water partition coefficient (Wildman–Crippen LogP) is 9.21. The van der Waals surface area contributed by atoms with Crippen molar-refractivity contribution in [3.8, 4) is 11.5 Å². The van der Waals surface area contributed by atoms with Gasteiger partial charge in [0.05, 0.1) is 42.1 Å². The minimum atomic E-state index is -0.944. The zero-order chi connectivity index (χ0) is 35.6. The summed E-state index contributed by atoms with van der Waals surface area (Å²) in [5.74, 6) is 1.83. The molecule has 0 aliphatic heterocycles. The van der Waals surface area contributed by atoms with E-state index in [-0.39, 0.29) is 11.0 Å². The lowest BCUT2D eigenvalue weighted by Gasteiger charge is -2.37. The number of unbranched alkanes of at least 4 members (excludes halogenated alkanes) is 4. The van der Waals surface area contributed by atoms with Crippen LogP contribution in [0.5, 0.6) is 11.5 Å². The van der Waals surface area contributed by atoms with E-state index in [1.165, 1.54) is 42.0 Å². The van der Waals surface area contributed by atoms with Crippen molar-refractivity contribution in [2.75, 3.05) is 13.2 Å². The largest absolute Gasteiger partial charge is 0.494 e. The third-order valence-electron chi connectivity index (χ3n) is 9.22. The van der Waals surface area contributed by atoms with Gasteiger partial charge in [-0.3, -0.25) is 0 Å². The van der Waals surface area contributed by atoms with Crippen LogP contribution in [0.2, 0.25) is 0 Å². The second-order valence-electron chi connectivity index (χ2n) is 13.0. The van der Waals surface area contributed by atoms with Crippen LogP contribution in [0.25, 0.3) is 0 Å². The molecule has 260 valence electrons. The van der Waals surface area contributed by atoms with Gasteiger partial charge in [-0.2, -0.15) is 0 Å². The van der Waals surface area contributed by atoms with Gasteiger partial charge in [0.15, 0.2) is 0 Å². The van der Waals surface area contributed by atoms with Gasteiger partial charge in [-0.1, -0.05) is 160 Å². The standard InChI is InChI=1S/C32H40N2O2Si.C13H11B/c1-3-5-10-22-35-29-16-12-14-27(24-29)32(34-21-20-33-26-34,37-31-18-8-7-9-19-31)28-15-13-17-30(25-28)36-23-11-6-4-2;14-13(11-7-3-1-4-8-11)12-9-5-2-6-10-12/h7-9,12-21,24-26H,3-6,10-11,22-23,37H2,1-2H3;1-10,13H. The highest BCUT2D eigenvalue weighted by Crippen LogP contribution is 2.36. The van der Waals surface area contributed by atoms with E-state index in [0.29, 0.717) is 0 Å². The SMILES string of the molecule is CCCCCOc1cccc(C([SiH2]c2ccccc2)(c2cccc(OCCCCC)c2)n2ccnc2)c1.[B]C(c1ccccc1)c1ccccc1. The number of benzene rings is 5. The number of imidazole rings is 1. The molecule has 51 heavy (non-hydrogen) atoms. The van der Waals surface area contributed by atoms with E-state index >= 15 is 0 Å². The first kappa shape index (κ1) is 37.4. The Bertz CT molecular complexity index is 1720. The van der Waals surface area contributed by atoms with Crippen LogP contribution in [-0.2, 0) is 5.16 Å². The highest BCUT2D eigenvalue weighted by atomic mass is 28.2. The average molecular weight is 691 g/mol. The van der Waals surface area contributed by atoms with Gasteiger partial charge in [-0.25, -0.2) is 4.98 Å². The van der Waals surface area contributed by atoms with E-state index in [4.69, 9.17) is 17.3 Å². The van der Waals surface area contributed by atoms with Crippen molar-refractivity contribution in [3.05, 3.63) is 181 Å². The number of rotatable bonds is 17. The van der Waals surface area contributed by atoms with Gasteiger partial charge < -0.3 is 14.0 Å². The topological polar surface area (TPSA) is 36.3 Å². The molecule has 6 rings (SSSR count). The molecule has 1 aromatic heterocycles. The molecule has 0 aliphatic rings.